The molecule has 4 aromatic heterocycles. The Balaban J connectivity index is 1.03. The van der Waals surface area contributed by atoms with Crippen LogP contribution in [0.3, 0.4) is 0 Å². The number of hydrogen-bond acceptors (Lipinski definition) is 8. The Labute approximate surface area is 376 Å². The highest BCUT2D eigenvalue weighted by molar-refractivity contribution is 7.93. The van der Waals surface area contributed by atoms with Gasteiger partial charge in [0.15, 0.2) is 5.82 Å². The third-order valence-corrected chi connectivity index (χ3v) is 16.3. The molecule has 3 fully saturated rings. The number of carbonyl (C=O) groups excluding carboxylic acids is 1. The van der Waals surface area contributed by atoms with E-state index in [0.29, 0.717) is 82.5 Å². The molecule has 0 radical (unpaired) electrons. The minimum atomic E-state index is -4.77. The number of hydrogen-bond donors (Lipinski definition) is 2. The van der Waals surface area contributed by atoms with Crippen molar-refractivity contribution in [1.29, 1.82) is 4.78 Å². The standard InChI is InChI=1S/C47H46F4N10O4S/c1-26-22-33(23-27(2)40(26)48)61-41(59-19-18-58(45(59)63)32-5-7-34(8-6-32)66(52,64)35-9-10-35)39-28(3)57(17-12-36(39)56-61)42(62)38-25-31-24-30(29-13-20-65-21-14-29)4-11-37(31)60(38)46(15-16-46)43-53-44(55-54-43)47(49,50)51/h4-8,11,18-19,22-25,28-29,35,52H,9-10,12-17,20-21H2,1-3H3,(H,53,54,55)/t28-,66-/m0/s1. The van der Waals surface area contributed by atoms with Crippen LogP contribution in [0, 0.1) is 24.4 Å². The number of carbonyl (C=O) groups is 1. The molecule has 4 aliphatic rings. The number of amides is 1. The molecule has 0 unspecified atom stereocenters. The summed E-state index contributed by atoms with van der Waals surface area (Å²) in [5, 5.41) is 11.7. The van der Waals surface area contributed by atoms with Gasteiger partial charge >= 0.3 is 11.9 Å². The Kier molecular flexibility index (Phi) is 9.68. The van der Waals surface area contributed by atoms with Crippen molar-refractivity contribution in [3.63, 3.8) is 0 Å². The molecule has 2 atom stereocenters. The Morgan fingerprint density at radius 1 is 0.939 bits per heavy atom. The molecule has 342 valence electrons. The van der Waals surface area contributed by atoms with Crippen molar-refractivity contribution < 1.29 is 31.3 Å². The second kappa shape index (κ2) is 15.1. The number of alkyl halides is 3. The van der Waals surface area contributed by atoms with Crippen molar-refractivity contribution in [2.45, 2.75) is 99.5 Å². The van der Waals surface area contributed by atoms with E-state index in [4.69, 9.17) is 14.6 Å². The van der Waals surface area contributed by atoms with Crippen LogP contribution in [0.2, 0.25) is 0 Å². The number of aryl methyl sites for hydroxylation is 2. The van der Waals surface area contributed by atoms with Gasteiger partial charge < -0.3 is 14.2 Å². The molecule has 2 saturated carbocycles. The summed E-state index contributed by atoms with van der Waals surface area (Å²) in [5.74, 6) is -1.39. The zero-order valence-corrected chi connectivity index (χ0v) is 37.2. The molecule has 2 aliphatic heterocycles. The van der Waals surface area contributed by atoms with Crippen molar-refractivity contribution in [1.82, 2.24) is 43.6 Å². The van der Waals surface area contributed by atoms with Crippen LogP contribution in [-0.2, 0) is 32.6 Å². The molecule has 1 saturated heterocycles. The fraction of sp³-hybridized carbons (Fsp3) is 0.383. The largest absolute Gasteiger partial charge is 0.453 e. The van der Waals surface area contributed by atoms with Gasteiger partial charge in [0.05, 0.1) is 32.8 Å². The van der Waals surface area contributed by atoms with Gasteiger partial charge in [-0.25, -0.2) is 27.8 Å². The predicted molar refractivity (Wildman–Crippen MR) is 236 cm³/mol. The Morgan fingerprint density at radius 2 is 1.64 bits per heavy atom. The number of nitrogens with one attached hydrogen (secondary N) is 2. The number of rotatable bonds is 9. The third-order valence-electron chi connectivity index (χ3n) is 13.9. The lowest BCUT2D eigenvalue weighted by Gasteiger charge is -2.34. The third kappa shape index (κ3) is 6.75. The fourth-order valence-electron chi connectivity index (χ4n) is 10.1. The first-order valence-electron chi connectivity index (χ1n) is 22.2. The summed E-state index contributed by atoms with van der Waals surface area (Å²) in [6.45, 7) is 6.68. The molecule has 11 rings (SSSR count). The molecule has 66 heavy (non-hydrogen) atoms. The first kappa shape index (κ1) is 42.3. The maximum Gasteiger partial charge on any atom is 0.453 e. The Morgan fingerprint density at radius 3 is 2.29 bits per heavy atom. The van der Waals surface area contributed by atoms with Gasteiger partial charge in [0.1, 0.15) is 22.9 Å². The molecule has 19 heteroatoms. The minimum absolute atomic E-state index is 0.0204. The first-order chi connectivity index (χ1) is 31.5. The number of halogens is 4. The van der Waals surface area contributed by atoms with Crippen LogP contribution < -0.4 is 5.69 Å². The topological polar surface area (TPSA) is 162 Å². The number of aromatic amines is 1. The van der Waals surface area contributed by atoms with Gasteiger partial charge in [0.25, 0.3) is 11.7 Å². The number of aromatic nitrogens is 8. The average molecular weight is 923 g/mol. The lowest BCUT2D eigenvalue weighted by atomic mass is 9.91. The van der Waals surface area contributed by atoms with Gasteiger partial charge in [-0.2, -0.15) is 18.3 Å². The Bertz CT molecular complexity index is 3250. The number of imidazole rings is 1. The second-order valence-electron chi connectivity index (χ2n) is 18.1. The monoisotopic (exact) mass is 922 g/mol. The molecule has 7 aromatic rings. The number of fused-ring (bicyclic) bond motifs is 2. The normalized spacial score (nSPS) is 19.6. The van der Waals surface area contributed by atoms with Crippen molar-refractivity contribution >= 4 is 26.5 Å². The average Bonchev–Trinajstić information content (AvgIpc) is 4.12. The van der Waals surface area contributed by atoms with Crippen molar-refractivity contribution in [3.05, 3.63) is 135 Å². The summed E-state index contributed by atoms with van der Waals surface area (Å²) in [4.78, 5) is 36.1. The summed E-state index contributed by atoms with van der Waals surface area (Å²) in [5.41, 5.74) is 3.48. The molecular formula is C47H46F4N10O4S. The van der Waals surface area contributed by atoms with E-state index in [0.717, 1.165) is 36.6 Å². The lowest BCUT2D eigenvalue weighted by Crippen LogP contribution is -2.41. The highest BCUT2D eigenvalue weighted by atomic mass is 32.2. The fourth-order valence-corrected chi connectivity index (χ4v) is 11.8. The van der Waals surface area contributed by atoms with Crippen molar-refractivity contribution in [3.8, 4) is 17.2 Å². The molecule has 1 amide bonds. The first-order valence-corrected chi connectivity index (χ1v) is 23.8. The van der Waals surface area contributed by atoms with E-state index < -0.39 is 39.0 Å². The van der Waals surface area contributed by atoms with Gasteiger partial charge in [-0.15, -0.1) is 5.10 Å². The van der Waals surface area contributed by atoms with Gasteiger partial charge in [-0.05, 0) is 137 Å². The molecule has 14 nitrogen and oxygen atoms in total. The van der Waals surface area contributed by atoms with Gasteiger partial charge in [-0.3, -0.25) is 19.0 Å². The SMILES string of the molecule is Cc1cc(-n2nc3c(c2-n2ccn(-c4ccc([S@](=N)(=O)C5CC5)cc4)c2=O)[C@H](C)N(C(=O)c2cc4cc(C5CCOCC5)ccc4n2C2(c4nc(C(F)(F)F)n[nH]4)CC2)CC3)cc(C)c1F. The summed E-state index contributed by atoms with van der Waals surface area (Å²) in [6.07, 6.45) is 2.75. The molecule has 6 heterocycles. The van der Waals surface area contributed by atoms with Crippen LogP contribution in [0.25, 0.3) is 28.1 Å². The van der Waals surface area contributed by atoms with E-state index in [9.17, 15) is 22.2 Å². The molecule has 2 N–H and O–H groups in total. The molecule has 3 aromatic carbocycles. The van der Waals surface area contributed by atoms with E-state index >= 15 is 9.18 Å². The van der Waals surface area contributed by atoms with E-state index in [1.54, 1.807) is 72.2 Å². The number of nitrogens with zero attached hydrogens (tertiary/aromatic N) is 8. The number of benzene rings is 3. The zero-order valence-electron chi connectivity index (χ0n) is 36.4. The summed E-state index contributed by atoms with van der Waals surface area (Å²) in [6, 6.07) is 17.1. The summed E-state index contributed by atoms with van der Waals surface area (Å²) < 4.78 is 90.3. The second-order valence-corrected chi connectivity index (χ2v) is 20.5. The van der Waals surface area contributed by atoms with Crippen LogP contribution in [-0.4, -0.2) is 78.7 Å². The molecule has 0 spiro atoms. The smallest absolute Gasteiger partial charge is 0.381 e. The van der Waals surface area contributed by atoms with Crippen molar-refractivity contribution in [2.75, 3.05) is 19.8 Å². The minimum Gasteiger partial charge on any atom is -0.381 e. The van der Waals surface area contributed by atoms with Crippen LogP contribution in [0.1, 0.15) is 107 Å². The van der Waals surface area contributed by atoms with Crippen LogP contribution >= 0.6 is 0 Å². The van der Waals surface area contributed by atoms with E-state index in [2.05, 4.69) is 21.2 Å². The molecular weight excluding hydrogens is 877 g/mol. The summed E-state index contributed by atoms with van der Waals surface area (Å²) >= 11 is 0. The van der Waals surface area contributed by atoms with Crippen LogP contribution in [0.5, 0.6) is 0 Å². The maximum atomic E-state index is 15.4. The van der Waals surface area contributed by atoms with Crippen LogP contribution in [0.4, 0.5) is 17.6 Å². The highest BCUT2D eigenvalue weighted by Gasteiger charge is 2.53. The van der Waals surface area contributed by atoms with Gasteiger partial charge in [0, 0.05) is 65.2 Å². The molecule has 2 aliphatic carbocycles. The van der Waals surface area contributed by atoms with E-state index in [-0.39, 0.29) is 41.0 Å². The van der Waals surface area contributed by atoms with Gasteiger partial charge in [-0.1, -0.05) is 6.07 Å². The Hall–Kier alpha value is -6.34. The maximum absolute atomic E-state index is 15.4. The zero-order chi connectivity index (χ0) is 46.0. The number of H-pyrrole nitrogens is 1. The summed E-state index contributed by atoms with van der Waals surface area (Å²) in [7, 11) is -2.96. The molecule has 0 bridgehead atoms. The van der Waals surface area contributed by atoms with Crippen LogP contribution in [0.15, 0.2) is 82.7 Å². The lowest BCUT2D eigenvalue weighted by molar-refractivity contribution is -0.144. The predicted octanol–water partition coefficient (Wildman–Crippen LogP) is 8.42. The number of ether oxygens (including phenoxy) is 1. The van der Waals surface area contributed by atoms with E-state index in [1.807, 2.05) is 29.7 Å². The highest BCUT2D eigenvalue weighted by Crippen LogP contribution is 2.52. The quantitative estimate of drug-likeness (QED) is 0.137. The van der Waals surface area contributed by atoms with E-state index in [1.165, 1.54) is 9.13 Å². The van der Waals surface area contributed by atoms with Crippen molar-refractivity contribution in [2.24, 2.45) is 0 Å². The van der Waals surface area contributed by atoms with Gasteiger partial charge in [0.2, 0.25) is 0 Å².